The number of carbonyl (C=O) groups is 1. The summed E-state index contributed by atoms with van der Waals surface area (Å²) >= 11 is 1.76. The second-order valence-electron chi connectivity index (χ2n) is 6.97. The van der Waals surface area contributed by atoms with Gasteiger partial charge >= 0.3 is 6.09 Å². The lowest BCUT2D eigenvalue weighted by atomic mass is 9.75. The maximum absolute atomic E-state index is 12.0. The molecule has 2 aliphatic rings. The zero-order chi connectivity index (χ0) is 15.1. The van der Waals surface area contributed by atoms with Crippen LogP contribution < -0.4 is 5.32 Å². The molecule has 0 saturated carbocycles. The van der Waals surface area contributed by atoms with Crippen LogP contribution in [0.25, 0.3) is 0 Å². The molecule has 21 heavy (non-hydrogen) atoms. The summed E-state index contributed by atoms with van der Waals surface area (Å²) in [5, 5.41) is 5.02. The molecule has 1 saturated heterocycles. The first-order chi connectivity index (χ1) is 9.90. The number of hydrogen-bond acceptors (Lipinski definition) is 4. The highest BCUT2D eigenvalue weighted by Crippen LogP contribution is 2.51. The first-order valence-electron chi connectivity index (χ1n) is 7.58. The Labute approximate surface area is 129 Å². The van der Waals surface area contributed by atoms with Gasteiger partial charge in [0.25, 0.3) is 0 Å². The minimum absolute atomic E-state index is 0.206. The topological polar surface area (TPSA) is 47.6 Å². The quantitative estimate of drug-likeness (QED) is 0.850. The van der Waals surface area contributed by atoms with Gasteiger partial charge in [-0.15, -0.1) is 11.3 Å². The molecule has 1 fully saturated rings. The Morgan fingerprint density at radius 2 is 2.05 bits per heavy atom. The van der Waals surface area contributed by atoms with E-state index in [9.17, 15) is 4.79 Å². The summed E-state index contributed by atoms with van der Waals surface area (Å²) in [5.41, 5.74) is 2.03. The van der Waals surface area contributed by atoms with Gasteiger partial charge in [0.15, 0.2) is 0 Å². The number of nitrogens with one attached hydrogen (secondary N) is 1. The Morgan fingerprint density at radius 3 is 2.71 bits per heavy atom. The Balaban J connectivity index is 1.81. The third kappa shape index (κ3) is 2.94. The highest BCUT2D eigenvalue weighted by molar-refractivity contribution is 7.10. The molecule has 0 radical (unpaired) electrons. The summed E-state index contributed by atoms with van der Waals surface area (Å²) in [5.74, 6) is 0. The van der Waals surface area contributed by atoms with E-state index in [-0.39, 0.29) is 11.5 Å². The number of aryl methyl sites for hydroxylation is 1. The molecule has 1 N–H and O–H groups in total. The van der Waals surface area contributed by atoms with Crippen LogP contribution in [0.3, 0.4) is 0 Å². The number of thiophene rings is 1. The molecule has 0 unspecified atom stereocenters. The number of hydrogen-bond donors (Lipinski definition) is 1. The summed E-state index contributed by atoms with van der Waals surface area (Å²) in [6, 6.07) is 0. The van der Waals surface area contributed by atoms with Gasteiger partial charge in [0, 0.05) is 28.9 Å². The summed E-state index contributed by atoms with van der Waals surface area (Å²) in [6.07, 6.45) is 4.05. The van der Waals surface area contributed by atoms with Crippen molar-refractivity contribution in [2.75, 3.05) is 18.5 Å². The van der Waals surface area contributed by atoms with E-state index in [1.54, 1.807) is 11.3 Å². The Kier molecular flexibility index (Phi) is 3.74. The number of anilines is 1. The molecular formula is C16H23NO3S. The van der Waals surface area contributed by atoms with Crippen molar-refractivity contribution >= 4 is 23.1 Å². The van der Waals surface area contributed by atoms with Gasteiger partial charge in [-0.1, -0.05) is 0 Å². The van der Waals surface area contributed by atoms with Crippen LogP contribution in [-0.4, -0.2) is 24.9 Å². The van der Waals surface area contributed by atoms with Crippen LogP contribution in [0, 0.1) is 0 Å². The Bertz CT molecular complexity index is 538. The fraction of sp³-hybridized carbons (Fsp3) is 0.688. The van der Waals surface area contributed by atoms with E-state index in [0.717, 1.165) is 38.2 Å². The van der Waals surface area contributed by atoms with Crippen LogP contribution in [0.2, 0.25) is 0 Å². The summed E-state index contributed by atoms with van der Waals surface area (Å²) < 4.78 is 10.9. The minimum atomic E-state index is -0.473. The molecule has 1 spiro atoms. The molecule has 1 aromatic heterocycles. The van der Waals surface area contributed by atoms with Crippen molar-refractivity contribution in [2.24, 2.45) is 0 Å². The predicted molar refractivity (Wildman–Crippen MR) is 84.2 cm³/mol. The largest absolute Gasteiger partial charge is 0.444 e. The van der Waals surface area contributed by atoms with Gasteiger partial charge in [0.05, 0.1) is 5.69 Å². The molecule has 3 rings (SSSR count). The molecule has 4 nitrogen and oxygen atoms in total. The second-order valence-corrected chi connectivity index (χ2v) is 7.93. The Hall–Kier alpha value is -1.07. The van der Waals surface area contributed by atoms with Crippen molar-refractivity contribution in [1.29, 1.82) is 0 Å². The molecule has 1 aromatic rings. The Morgan fingerprint density at radius 1 is 1.33 bits per heavy atom. The molecule has 116 valence electrons. The molecule has 0 aromatic carbocycles. The number of rotatable bonds is 1. The highest BCUT2D eigenvalue weighted by atomic mass is 32.1. The van der Waals surface area contributed by atoms with E-state index in [0.29, 0.717) is 0 Å². The molecule has 5 heteroatoms. The normalized spacial score (nSPS) is 20.3. The van der Waals surface area contributed by atoms with E-state index in [2.05, 4.69) is 10.7 Å². The van der Waals surface area contributed by atoms with Crippen LogP contribution in [0.5, 0.6) is 0 Å². The summed E-state index contributed by atoms with van der Waals surface area (Å²) in [6.45, 7) is 7.28. The lowest BCUT2D eigenvalue weighted by Crippen LogP contribution is -2.33. The van der Waals surface area contributed by atoms with Gasteiger partial charge in [-0.2, -0.15) is 0 Å². The third-order valence-electron chi connectivity index (χ3n) is 4.31. The molecule has 0 bridgehead atoms. The molecule has 1 amide bonds. The SMILES string of the molecule is CC(C)(C)OC(=O)Nc1csc2c1C1(CCOCC1)CC2. The third-order valence-corrected chi connectivity index (χ3v) is 5.36. The fourth-order valence-electron chi connectivity index (χ4n) is 3.41. The highest BCUT2D eigenvalue weighted by Gasteiger charge is 2.43. The van der Waals surface area contributed by atoms with Crippen molar-refractivity contribution < 1.29 is 14.3 Å². The van der Waals surface area contributed by atoms with E-state index in [1.165, 1.54) is 16.9 Å². The smallest absolute Gasteiger partial charge is 0.412 e. The van der Waals surface area contributed by atoms with Crippen LogP contribution in [-0.2, 0) is 21.3 Å². The number of ether oxygens (including phenoxy) is 2. The predicted octanol–water partition coefficient (Wildman–Crippen LogP) is 4.09. The zero-order valence-electron chi connectivity index (χ0n) is 13.0. The lowest BCUT2D eigenvalue weighted by Gasteiger charge is -2.34. The summed E-state index contributed by atoms with van der Waals surface area (Å²) in [4.78, 5) is 13.5. The molecule has 1 aliphatic heterocycles. The number of fused-ring (bicyclic) bond motifs is 2. The monoisotopic (exact) mass is 309 g/mol. The molecular weight excluding hydrogens is 286 g/mol. The average Bonchev–Trinajstić information content (AvgIpc) is 2.92. The number of carbonyl (C=O) groups excluding carboxylic acids is 1. The van der Waals surface area contributed by atoms with E-state index in [1.807, 2.05) is 20.8 Å². The second kappa shape index (κ2) is 5.29. The minimum Gasteiger partial charge on any atom is -0.444 e. The maximum atomic E-state index is 12.0. The van der Waals surface area contributed by atoms with Gasteiger partial charge in [0.2, 0.25) is 0 Å². The van der Waals surface area contributed by atoms with Crippen LogP contribution in [0.4, 0.5) is 10.5 Å². The van der Waals surface area contributed by atoms with Crippen molar-refractivity contribution in [3.8, 4) is 0 Å². The fourth-order valence-corrected chi connectivity index (χ4v) is 4.51. The van der Waals surface area contributed by atoms with Crippen LogP contribution >= 0.6 is 11.3 Å². The first-order valence-corrected chi connectivity index (χ1v) is 8.46. The summed E-state index contributed by atoms with van der Waals surface area (Å²) in [7, 11) is 0. The standard InChI is InChI=1S/C16H23NO3S/c1-15(2,3)20-14(18)17-11-10-21-12-4-5-16(13(11)12)6-8-19-9-7-16/h10H,4-9H2,1-3H3,(H,17,18). The van der Waals surface area contributed by atoms with E-state index in [4.69, 9.17) is 9.47 Å². The van der Waals surface area contributed by atoms with Gasteiger partial charge < -0.3 is 9.47 Å². The van der Waals surface area contributed by atoms with Gasteiger partial charge in [-0.25, -0.2) is 4.79 Å². The van der Waals surface area contributed by atoms with Crippen LogP contribution in [0.15, 0.2) is 5.38 Å². The molecule has 0 atom stereocenters. The molecule has 1 aliphatic carbocycles. The van der Waals surface area contributed by atoms with Crippen molar-refractivity contribution in [2.45, 2.75) is 57.5 Å². The van der Waals surface area contributed by atoms with Crippen molar-refractivity contribution in [1.82, 2.24) is 0 Å². The van der Waals surface area contributed by atoms with Gasteiger partial charge in [-0.3, -0.25) is 5.32 Å². The van der Waals surface area contributed by atoms with E-state index >= 15 is 0 Å². The maximum Gasteiger partial charge on any atom is 0.412 e. The van der Waals surface area contributed by atoms with Gasteiger partial charge in [0.1, 0.15) is 5.60 Å². The zero-order valence-corrected chi connectivity index (χ0v) is 13.8. The van der Waals surface area contributed by atoms with E-state index < -0.39 is 5.60 Å². The van der Waals surface area contributed by atoms with Crippen LogP contribution in [0.1, 0.15) is 50.5 Å². The van der Waals surface area contributed by atoms with Crippen molar-refractivity contribution in [3.63, 3.8) is 0 Å². The number of amides is 1. The van der Waals surface area contributed by atoms with Gasteiger partial charge in [-0.05, 0) is 52.0 Å². The lowest BCUT2D eigenvalue weighted by molar-refractivity contribution is 0.0507. The van der Waals surface area contributed by atoms with Crippen molar-refractivity contribution in [3.05, 3.63) is 15.8 Å². The average molecular weight is 309 g/mol. The first kappa shape index (κ1) is 14.9. The molecule has 2 heterocycles.